The summed E-state index contributed by atoms with van der Waals surface area (Å²) in [7, 11) is -2.27. The van der Waals surface area contributed by atoms with E-state index < -0.39 is 50.5 Å². The second-order valence-corrected chi connectivity index (χ2v) is 19.1. The number of fused-ring (bicyclic) bond motifs is 3. The number of hydrogen-bond donors (Lipinski definition) is 1. The number of amides is 2. The van der Waals surface area contributed by atoms with Crippen molar-refractivity contribution in [1.82, 2.24) is 15.2 Å². The van der Waals surface area contributed by atoms with Crippen molar-refractivity contribution in [2.24, 2.45) is 11.8 Å². The van der Waals surface area contributed by atoms with Gasteiger partial charge in [0.25, 0.3) is 5.91 Å². The van der Waals surface area contributed by atoms with Crippen molar-refractivity contribution in [1.29, 1.82) is 0 Å². The van der Waals surface area contributed by atoms with Gasteiger partial charge in [-0.3, -0.25) is 9.59 Å². The molecule has 0 spiro atoms. The first-order valence-electron chi connectivity index (χ1n) is 16.5. The molecule has 1 fully saturated rings. The molecule has 3 heterocycles. The first kappa shape index (κ1) is 38.1. The lowest BCUT2D eigenvalue weighted by Gasteiger charge is -2.39. The molecule has 1 aromatic rings. The third-order valence-electron chi connectivity index (χ3n) is 9.11. The lowest BCUT2D eigenvalue weighted by molar-refractivity contribution is -0.158. The summed E-state index contributed by atoms with van der Waals surface area (Å²) in [6.45, 7) is 16.8. The summed E-state index contributed by atoms with van der Waals surface area (Å²) in [6.07, 6.45) is 8.77. The van der Waals surface area contributed by atoms with E-state index in [-0.39, 0.29) is 54.3 Å². The highest BCUT2D eigenvalue weighted by atomic mass is 28.4. The Morgan fingerprint density at radius 2 is 1.94 bits per heavy atom. The van der Waals surface area contributed by atoms with Crippen LogP contribution in [0, 0.1) is 11.8 Å². The molecule has 1 N–H and O–H groups in total. The van der Waals surface area contributed by atoms with Crippen LogP contribution in [0.2, 0.25) is 18.1 Å². The van der Waals surface area contributed by atoms with Crippen molar-refractivity contribution in [3.8, 4) is 0 Å². The fourth-order valence-electron chi connectivity index (χ4n) is 5.52. The molecule has 0 radical (unpaired) electrons. The number of nitrogens with one attached hydrogen (secondary N) is 1. The first-order valence-corrected chi connectivity index (χ1v) is 19.5. The largest absolute Gasteiger partial charge is 0.460 e. The minimum Gasteiger partial charge on any atom is -0.460 e. The number of rotatable bonds is 5. The molecule has 2 aliphatic heterocycles. The van der Waals surface area contributed by atoms with Gasteiger partial charge in [0.1, 0.15) is 30.9 Å². The number of ether oxygens (including phenoxy) is 1. The van der Waals surface area contributed by atoms with E-state index in [1.165, 1.54) is 17.2 Å². The van der Waals surface area contributed by atoms with Gasteiger partial charge in [0.15, 0.2) is 19.9 Å². The van der Waals surface area contributed by atoms with Crippen molar-refractivity contribution in [3.63, 3.8) is 0 Å². The zero-order valence-corrected chi connectivity index (χ0v) is 30.1. The van der Waals surface area contributed by atoms with Crippen LogP contribution >= 0.6 is 0 Å². The Kier molecular flexibility index (Phi) is 13.5. The molecule has 0 aromatic carbocycles. The van der Waals surface area contributed by atoms with Gasteiger partial charge in [0.2, 0.25) is 5.91 Å². The third kappa shape index (κ3) is 10.8. The third-order valence-corrected chi connectivity index (χ3v) is 13.6. The number of carbonyl (C=O) groups is 4. The van der Waals surface area contributed by atoms with E-state index in [9.17, 15) is 19.2 Å². The van der Waals surface area contributed by atoms with E-state index in [0.29, 0.717) is 19.4 Å². The number of cyclic esters (lactones) is 1. The van der Waals surface area contributed by atoms with Gasteiger partial charge >= 0.3 is 5.97 Å². The van der Waals surface area contributed by atoms with Gasteiger partial charge in [-0.25, -0.2) is 14.2 Å². The summed E-state index contributed by atoms with van der Waals surface area (Å²) in [5, 5.41) is 2.70. The number of oxazole rings is 1. The van der Waals surface area contributed by atoms with Gasteiger partial charge < -0.3 is 28.6 Å². The fraction of sp³-hybridized carbons (Fsp3) is 0.629. The van der Waals surface area contributed by atoms with Crippen LogP contribution in [0.5, 0.6) is 0 Å². The van der Waals surface area contributed by atoms with Crippen molar-refractivity contribution >= 4 is 32.4 Å². The van der Waals surface area contributed by atoms with E-state index in [4.69, 9.17) is 13.6 Å². The Labute approximate surface area is 279 Å². The molecule has 1 unspecified atom stereocenters. The summed E-state index contributed by atoms with van der Waals surface area (Å²) >= 11 is 0. The van der Waals surface area contributed by atoms with Crippen molar-refractivity contribution in [2.75, 3.05) is 13.1 Å². The highest BCUT2D eigenvalue weighted by Crippen LogP contribution is 2.38. The van der Waals surface area contributed by atoms with E-state index in [1.807, 2.05) is 32.9 Å². The molecule has 0 saturated carbocycles. The second-order valence-electron chi connectivity index (χ2n) is 14.4. The van der Waals surface area contributed by atoms with Crippen LogP contribution in [-0.2, 0) is 30.0 Å². The molecule has 12 heteroatoms. The van der Waals surface area contributed by atoms with Crippen LogP contribution in [0.15, 0.2) is 46.6 Å². The van der Waals surface area contributed by atoms with Crippen molar-refractivity contribution in [3.05, 3.63) is 53.8 Å². The summed E-state index contributed by atoms with van der Waals surface area (Å²) in [5.74, 6) is -2.08. The number of allylic oxidation sites excluding steroid dienone is 2. The molecule has 2 bridgehead atoms. The molecule has 2 amide bonds. The molecule has 3 rings (SSSR count). The van der Waals surface area contributed by atoms with Crippen molar-refractivity contribution in [2.45, 2.75) is 116 Å². The Morgan fingerprint density at radius 1 is 1.21 bits per heavy atom. The SMILES string of the molecule is CC1=CC(O[Si](C)(C)C(C)(C)C)C[C@@H](F)Cc2nc(co2)C(=O)N2CCC[C@@H]2C(=O)O[C@H](C(C)C)[C@H](CC=O)/C=C/C(=O)NCC=C1. The summed E-state index contributed by atoms with van der Waals surface area (Å²) in [4.78, 5) is 56.9. The predicted molar refractivity (Wildman–Crippen MR) is 180 cm³/mol. The number of aromatic nitrogens is 1. The maximum atomic E-state index is 15.6. The lowest BCUT2D eigenvalue weighted by atomic mass is 9.90. The van der Waals surface area contributed by atoms with Crippen molar-refractivity contribution < 1.29 is 37.1 Å². The minimum atomic E-state index is -2.27. The molecular weight excluding hydrogens is 621 g/mol. The van der Waals surface area contributed by atoms with E-state index >= 15 is 4.39 Å². The standard InChI is InChI=1S/C35H52FN3O7Si/c1-23(2)32-25(15-18-40)13-14-30(41)37-16-9-11-24(3)19-27(46-47(7,8)35(4,5)6)20-26(36)21-31-38-28(22-44-31)33(42)39-17-10-12-29(39)34(43)45-32/h9,11,13-14,18-19,22-23,25-27,29,32H,10,12,15-17,20-21H2,1-8H3,(H,37,41)/b11-9?,14-13+,24-19?/t25-,26+,27?,29+,32+/m0/s1. The zero-order valence-electron chi connectivity index (χ0n) is 29.1. The normalized spacial score (nSPS) is 26.8. The van der Waals surface area contributed by atoms with Gasteiger partial charge in [-0.1, -0.05) is 64.5 Å². The van der Waals surface area contributed by atoms with Crippen LogP contribution in [0.4, 0.5) is 4.39 Å². The second kappa shape index (κ2) is 16.6. The number of carbonyl (C=O) groups excluding carboxylic acids is 4. The lowest BCUT2D eigenvalue weighted by Crippen LogP contribution is -2.44. The Bertz CT molecular complexity index is 1350. The smallest absolute Gasteiger partial charge is 0.329 e. The van der Waals surface area contributed by atoms with Gasteiger partial charge in [-0.05, 0) is 49.9 Å². The van der Waals surface area contributed by atoms with Crippen LogP contribution in [0.1, 0.15) is 83.6 Å². The maximum Gasteiger partial charge on any atom is 0.329 e. The monoisotopic (exact) mass is 673 g/mol. The van der Waals surface area contributed by atoms with Gasteiger partial charge in [0, 0.05) is 31.8 Å². The molecule has 260 valence electrons. The first-order chi connectivity index (χ1) is 22.0. The molecule has 2 aliphatic rings. The highest BCUT2D eigenvalue weighted by molar-refractivity contribution is 6.74. The molecule has 1 saturated heterocycles. The van der Waals surface area contributed by atoms with Gasteiger partial charge in [-0.2, -0.15) is 0 Å². The number of esters is 1. The number of halogens is 1. The summed E-state index contributed by atoms with van der Waals surface area (Å²) < 4.78 is 33.7. The quantitative estimate of drug-likeness (QED) is 0.233. The topological polar surface area (TPSA) is 128 Å². The average molecular weight is 674 g/mol. The molecule has 1 aromatic heterocycles. The average Bonchev–Trinajstić information content (AvgIpc) is 3.65. The maximum absolute atomic E-state index is 15.6. The Balaban J connectivity index is 1.96. The van der Waals surface area contributed by atoms with E-state index in [2.05, 4.69) is 44.2 Å². The number of aldehydes is 1. The van der Waals surface area contributed by atoms with Gasteiger partial charge in [0.05, 0.1) is 12.5 Å². The molecule has 10 nitrogen and oxygen atoms in total. The van der Waals surface area contributed by atoms with Crippen LogP contribution < -0.4 is 5.32 Å². The molecule has 47 heavy (non-hydrogen) atoms. The Hall–Kier alpha value is -3.38. The molecule has 0 aliphatic carbocycles. The number of alkyl halides is 1. The Morgan fingerprint density at radius 3 is 2.60 bits per heavy atom. The van der Waals surface area contributed by atoms with Crippen LogP contribution in [-0.4, -0.2) is 79.8 Å². The molecular formula is C35H52FN3O7Si. The summed E-state index contributed by atoms with van der Waals surface area (Å²) in [6, 6.07) is -0.848. The number of nitrogens with zero attached hydrogens (tertiary/aromatic N) is 2. The fourth-order valence-corrected chi connectivity index (χ4v) is 6.80. The van der Waals surface area contributed by atoms with Gasteiger partial charge in [-0.15, -0.1) is 0 Å². The zero-order chi connectivity index (χ0) is 34.9. The van der Waals surface area contributed by atoms with Crippen LogP contribution in [0.25, 0.3) is 0 Å². The predicted octanol–water partition coefficient (Wildman–Crippen LogP) is 5.90. The van der Waals surface area contributed by atoms with Crippen LogP contribution in [0.3, 0.4) is 0 Å². The summed E-state index contributed by atoms with van der Waals surface area (Å²) in [5.41, 5.74) is 0.842. The minimum absolute atomic E-state index is 0.00608. The van der Waals surface area contributed by atoms with E-state index in [1.54, 1.807) is 12.2 Å². The highest BCUT2D eigenvalue weighted by Gasteiger charge is 2.40. The van der Waals surface area contributed by atoms with E-state index in [0.717, 1.165) is 11.9 Å². The number of hydrogen-bond acceptors (Lipinski definition) is 8. The molecule has 5 atom stereocenters.